The quantitative estimate of drug-likeness (QED) is 0.271. The lowest BCUT2D eigenvalue weighted by molar-refractivity contribution is 0.146. The summed E-state index contributed by atoms with van der Waals surface area (Å²) in [6.07, 6.45) is 5.15. The number of hydrogen-bond donors (Lipinski definition) is 1. The Balaban J connectivity index is 1.59. The third-order valence-electron chi connectivity index (χ3n) is 6.23. The summed E-state index contributed by atoms with van der Waals surface area (Å²) in [6, 6.07) is 13.4. The lowest BCUT2D eigenvalue weighted by atomic mass is 9.96. The van der Waals surface area contributed by atoms with E-state index in [1.54, 1.807) is 26.0 Å². The van der Waals surface area contributed by atoms with Gasteiger partial charge in [-0.25, -0.2) is 4.68 Å². The predicted molar refractivity (Wildman–Crippen MR) is 141 cm³/mol. The summed E-state index contributed by atoms with van der Waals surface area (Å²) in [5, 5.41) is 12.5. The molecule has 9 nitrogen and oxygen atoms in total. The summed E-state index contributed by atoms with van der Waals surface area (Å²) in [7, 11) is 1.63. The largest absolute Gasteiger partial charge is 0.490 e. The van der Waals surface area contributed by atoms with Gasteiger partial charge in [-0.3, -0.25) is 9.66 Å². The van der Waals surface area contributed by atoms with Crippen LogP contribution in [-0.4, -0.2) is 50.0 Å². The first-order chi connectivity index (χ1) is 17.5. The summed E-state index contributed by atoms with van der Waals surface area (Å²) in [4.78, 5) is 6.74. The Bertz CT molecular complexity index is 1360. The van der Waals surface area contributed by atoms with Crippen LogP contribution in [0, 0.1) is 13.8 Å². The molecular formula is C25H26ClN7O2S. The van der Waals surface area contributed by atoms with E-state index in [1.807, 2.05) is 41.1 Å². The molecule has 0 bridgehead atoms. The second-order valence-corrected chi connectivity index (χ2v) is 9.23. The van der Waals surface area contributed by atoms with E-state index in [2.05, 4.69) is 50.0 Å². The fraction of sp³-hybridized carbons (Fsp3) is 0.280. The molecule has 0 saturated carbocycles. The fourth-order valence-corrected chi connectivity index (χ4v) is 5.25. The van der Waals surface area contributed by atoms with E-state index in [-0.39, 0.29) is 12.1 Å². The summed E-state index contributed by atoms with van der Waals surface area (Å²) in [6.45, 7) is 5.03. The lowest BCUT2D eigenvalue weighted by Gasteiger charge is -2.28. The van der Waals surface area contributed by atoms with Crippen molar-refractivity contribution in [1.82, 2.24) is 29.9 Å². The number of pyridine rings is 1. The Morgan fingerprint density at radius 2 is 1.89 bits per heavy atom. The normalized spacial score (nSPS) is 17.4. The Morgan fingerprint density at radius 3 is 2.58 bits per heavy atom. The molecule has 0 amide bonds. The van der Waals surface area contributed by atoms with E-state index in [0.29, 0.717) is 29.1 Å². The highest BCUT2D eigenvalue weighted by atomic mass is 35.5. The molecule has 1 aliphatic rings. The maximum absolute atomic E-state index is 6.62. The monoisotopic (exact) mass is 523 g/mol. The zero-order chi connectivity index (χ0) is 25.2. The number of thiocarbonyl (C=S) groups is 1. The molecule has 11 heteroatoms. The van der Waals surface area contributed by atoms with Crippen molar-refractivity contribution in [1.29, 1.82) is 0 Å². The lowest BCUT2D eigenvalue weighted by Crippen LogP contribution is -2.29. The van der Waals surface area contributed by atoms with Gasteiger partial charge in [-0.1, -0.05) is 17.7 Å². The third-order valence-corrected chi connectivity index (χ3v) is 6.84. The minimum absolute atomic E-state index is 0.176. The van der Waals surface area contributed by atoms with E-state index < -0.39 is 0 Å². The second-order valence-electron chi connectivity index (χ2n) is 8.43. The molecule has 0 spiro atoms. The number of aromatic nitrogens is 5. The zero-order valence-electron chi connectivity index (χ0n) is 20.1. The molecule has 5 rings (SSSR count). The molecule has 1 saturated heterocycles. The molecule has 4 heterocycles. The summed E-state index contributed by atoms with van der Waals surface area (Å²) >= 11 is 12.5. The van der Waals surface area contributed by atoms with Gasteiger partial charge in [-0.05, 0) is 62.5 Å². The van der Waals surface area contributed by atoms with Crippen molar-refractivity contribution in [3.05, 3.63) is 89.0 Å². The Kier molecular flexibility index (Phi) is 6.90. The summed E-state index contributed by atoms with van der Waals surface area (Å²) in [5.41, 5.74) is 4.93. The van der Waals surface area contributed by atoms with Crippen LogP contribution in [-0.2, 0) is 4.74 Å². The number of rotatable bonds is 8. The van der Waals surface area contributed by atoms with Crippen LogP contribution >= 0.6 is 23.8 Å². The topological polar surface area (TPSA) is 82.3 Å². The molecular weight excluding hydrogens is 498 g/mol. The first-order valence-electron chi connectivity index (χ1n) is 11.5. The molecule has 186 valence electrons. The van der Waals surface area contributed by atoms with Crippen LogP contribution in [0.1, 0.15) is 34.7 Å². The molecule has 36 heavy (non-hydrogen) atoms. The highest BCUT2D eigenvalue weighted by Gasteiger charge is 2.42. The maximum atomic E-state index is 6.62. The molecule has 3 aromatic heterocycles. The van der Waals surface area contributed by atoms with E-state index in [1.165, 1.54) is 0 Å². The molecule has 0 radical (unpaired) electrons. The van der Waals surface area contributed by atoms with Gasteiger partial charge in [-0.2, -0.15) is 0 Å². The van der Waals surface area contributed by atoms with Crippen molar-refractivity contribution in [2.45, 2.75) is 25.9 Å². The number of nitrogens with zero attached hydrogens (tertiary/aromatic N) is 6. The SMILES string of the molecule is COCCOc1ccc(N2C(=S)NC(c3ccccn3)C2c2cc(C)n(-n3cnnc3)c2C)cc1Cl. The van der Waals surface area contributed by atoms with Crippen LogP contribution in [0.4, 0.5) is 5.69 Å². The molecule has 2 unspecified atom stereocenters. The maximum Gasteiger partial charge on any atom is 0.174 e. The number of aryl methyl sites for hydroxylation is 1. The molecule has 1 aromatic carbocycles. The predicted octanol–water partition coefficient (Wildman–Crippen LogP) is 4.26. The smallest absolute Gasteiger partial charge is 0.174 e. The number of methoxy groups -OCH3 is 1. The van der Waals surface area contributed by atoms with E-state index in [9.17, 15) is 0 Å². The Morgan fingerprint density at radius 1 is 1.08 bits per heavy atom. The number of ether oxygens (including phenoxy) is 2. The molecule has 1 fully saturated rings. The fourth-order valence-electron chi connectivity index (χ4n) is 4.67. The van der Waals surface area contributed by atoms with Crippen molar-refractivity contribution < 1.29 is 9.47 Å². The molecule has 4 aromatic rings. The Labute approximate surface area is 219 Å². The number of halogens is 1. The average molecular weight is 524 g/mol. The van der Waals surface area contributed by atoms with Gasteiger partial charge in [0.15, 0.2) is 5.11 Å². The van der Waals surface area contributed by atoms with Gasteiger partial charge in [0.25, 0.3) is 0 Å². The van der Waals surface area contributed by atoms with Gasteiger partial charge in [0, 0.05) is 35.9 Å². The van der Waals surface area contributed by atoms with E-state index in [4.69, 9.17) is 33.3 Å². The van der Waals surface area contributed by atoms with Crippen LogP contribution in [0.3, 0.4) is 0 Å². The van der Waals surface area contributed by atoms with Gasteiger partial charge in [0.05, 0.1) is 29.4 Å². The molecule has 2 atom stereocenters. The number of anilines is 1. The van der Waals surface area contributed by atoms with Crippen molar-refractivity contribution in [2.75, 3.05) is 25.2 Å². The van der Waals surface area contributed by atoms with Gasteiger partial charge in [-0.15, -0.1) is 10.2 Å². The van der Waals surface area contributed by atoms with Crippen LogP contribution in [0.5, 0.6) is 5.75 Å². The summed E-state index contributed by atoms with van der Waals surface area (Å²) < 4.78 is 14.8. The third kappa shape index (κ3) is 4.43. The van der Waals surface area contributed by atoms with Crippen molar-refractivity contribution in [3.63, 3.8) is 0 Å². The first-order valence-corrected chi connectivity index (χ1v) is 12.2. The minimum Gasteiger partial charge on any atom is -0.490 e. The highest BCUT2D eigenvalue weighted by molar-refractivity contribution is 7.80. The van der Waals surface area contributed by atoms with Gasteiger partial charge in [0.1, 0.15) is 25.0 Å². The minimum atomic E-state index is -0.180. The second kappa shape index (κ2) is 10.3. The molecule has 0 aliphatic carbocycles. The Hall–Kier alpha value is -3.47. The van der Waals surface area contributed by atoms with Gasteiger partial charge >= 0.3 is 0 Å². The van der Waals surface area contributed by atoms with E-state index in [0.717, 1.165) is 28.3 Å². The van der Waals surface area contributed by atoms with Crippen LogP contribution in [0.25, 0.3) is 0 Å². The van der Waals surface area contributed by atoms with Gasteiger partial charge in [0.2, 0.25) is 0 Å². The summed E-state index contributed by atoms with van der Waals surface area (Å²) in [5.74, 6) is 0.596. The number of hydrogen-bond acceptors (Lipinski definition) is 6. The standard InChI is InChI=1S/C25H26ClN7O2S/c1-16-12-19(17(2)33(16)31-14-28-29-15-31)24-23(21-6-4-5-9-27-21)30-25(36)32(24)18-7-8-22(20(26)13-18)35-11-10-34-3/h4-9,12-15,23-24H,10-11H2,1-3H3,(H,30,36). The molecule has 1 N–H and O–H groups in total. The number of nitrogens with one attached hydrogen (secondary N) is 1. The highest BCUT2D eigenvalue weighted by Crippen LogP contribution is 2.44. The molecule has 1 aliphatic heterocycles. The van der Waals surface area contributed by atoms with E-state index >= 15 is 0 Å². The van der Waals surface area contributed by atoms with Crippen LogP contribution < -0.4 is 15.0 Å². The average Bonchev–Trinajstić information content (AvgIpc) is 3.58. The van der Waals surface area contributed by atoms with Gasteiger partial charge < -0.3 is 19.7 Å². The van der Waals surface area contributed by atoms with Crippen molar-refractivity contribution >= 4 is 34.6 Å². The van der Waals surface area contributed by atoms with Crippen molar-refractivity contribution in [2.24, 2.45) is 0 Å². The van der Waals surface area contributed by atoms with Crippen LogP contribution in [0.2, 0.25) is 5.02 Å². The first kappa shape index (κ1) is 24.2. The van der Waals surface area contributed by atoms with Crippen molar-refractivity contribution in [3.8, 4) is 5.75 Å². The van der Waals surface area contributed by atoms with Crippen LogP contribution in [0.15, 0.2) is 61.3 Å². The number of benzene rings is 1. The zero-order valence-corrected chi connectivity index (χ0v) is 21.7.